The van der Waals surface area contributed by atoms with Gasteiger partial charge in [0.25, 0.3) is 0 Å². The van der Waals surface area contributed by atoms with Crippen molar-refractivity contribution in [2.75, 3.05) is 7.05 Å². The van der Waals surface area contributed by atoms with Gasteiger partial charge in [-0.1, -0.05) is 11.6 Å². The number of halogens is 1. The zero-order valence-electron chi connectivity index (χ0n) is 11.7. The van der Waals surface area contributed by atoms with Gasteiger partial charge in [0.1, 0.15) is 0 Å². The van der Waals surface area contributed by atoms with Gasteiger partial charge in [0, 0.05) is 12.6 Å². The molecule has 1 N–H and O–H groups in total. The number of nitrogens with one attached hydrogen (secondary N) is 1. The van der Waals surface area contributed by atoms with Gasteiger partial charge in [0.2, 0.25) is 0 Å². The fourth-order valence-electron chi connectivity index (χ4n) is 2.71. The van der Waals surface area contributed by atoms with Crippen LogP contribution in [0.5, 0.6) is 0 Å². The van der Waals surface area contributed by atoms with Crippen molar-refractivity contribution < 1.29 is 0 Å². The van der Waals surface area contributed by atoms with E-state index in [9.17, 15) is 0 Å². The van der Waals surface area contributed by atoms with Crippen LogP contribution >= 0.6 is 11.6 Å². The summed E-state index contributed by atoms with van der Waals surface area (Å²) >= 11 is 6.32. The molecule has 4 heteroatoms. The minimum atomic E-state index is 0.697. The molecule has 18 heavy (non-hydrogen) atoms. The van der Waals surface area contributed by atoms with Gasteiger partial charge in [0.05, 0.1) is 16.4 Å². The maximum atomic E-state index is 6.32. The number of rotatable bonds is 7. The van der Waals surface area contributed by atoms with Gasteiger partial charge < -0.3 is 5.32 Å². The fourth-order valence-corrected chi connectivity index (χ4v) is 2.94. The van der Waals surface area contributed by atoms with Gasteiger partial charge in [-0.05, 0) is 58.9 Å². The third kappa shape index (κ3) is 3.07. The average molecular weight is 270 g/mol. The molecule has 0 amide bonds. The predicted molar refractivity (Wildman–Crippen MR) is 76.2 cm³/mol. The van der Waals surface area contributed by atoms with Gasteiger partial charge in [-0.25, -0.2) is 0 Å². The van der Waals surface area contributed by atoms with E-state index in [1.807, 2.05) is 11.6 Å². The molecule has 0 spiro atoms. The number of aryl methyl sites for hydroxylation is 2. The topological polar surface area (TPSA) is 29.9 Å². The highest BCUT2D eigenvalue weighted by atomic mass is 35.5. The first-order valence-electron chi connectivity index (χ1n) is 7.06. The molecular formula is C14H24ClN3. The van der Waals surface area contributed by atoms with E-state index in [1.54, 1.807) is 0 Å². The molecular weight excluding hydrogens is 246 g/mol. The maximum absolute atomic E-state index is 6.32. The minimum Gasteiger partial charge on any atom is -0.317 e. The van der Waals surface area contributed by atoms with Crippen LogP contribution in [0.25, 0.3) is 0 Å². The summed E-state index contributed by atoms with van der Waals surface area (Å²) in [5, 5.41) is 8.77. The van der Waals surface area contributed by atoms with E-state index in [0.29, 0.717) is 6.04 Å². The summed E-state index contributed by atoms with van der Waals surface area (Å²) in [5.74, 6) is 0.920. The summed E-state index contributed by atoms with van der Waals surface area (Å²) in [6.45, 7) is 5.01. The van der Waals surface area contributed by atoms with E-state index in [4.69, 9.17) is 11.6 Å². The van der Waals surface area contributed by atoms with Crippen molar-refractivity contribution in [2.24, 2.45) is 5.92 Å². The summed E-state index contributed by atoms with van der Waals surface area (Å²) in [4.78, 5) is 0. The monoisotopic (exact) mass is 269 g/mol. The lowest BCUT2D eigenvalue weighted by Crippen LogP contribution is -2.27. The number of nitrogens with zero attached hydrogens (tertiary/aromatic N) is 2. The highest BCUT2D eigenvalue weighted by Crippen LogP contribution is 2.34. The lowest BCUT2D eigenvalue weighted by molar-refractivity contribution is 0.452. The normalized spacial score (nSPS) is 17.1. The highest BCUT2D eigenvalue weighted by molar-refractivity contribution is 6.31. The third-order valence-corrected chi connectivity index (χ3v) is 4.44. The second kappa shape index (κ2) is 6.07. The van der Waals surface area contributed by atoms with Crippen LogP contribution in [-0.2, 0) is 13.0 Å². The van der Waals surface area contributed by atoms with Crippen LogP contribution in [0, 0.1) is 12.8 Å². The first-order valence-corrected chi connectivity index (χ1v) is 7.44. The molecule has 3 nitrogen and oxygen atoms in total. The second-order valence-electron chi connectivity index (χ2n) is 5.29. The Morgan fingerprint density at radius 2 is 2.22 bits per heavy atom. The Labute approximate surface area is 115 Å². The molecule has 0 radical (unpaired) electrons. The molecule has 0 saturated heterocycles. The molecule has 0 aromatic carbocycles. The van der Waals surface area contributed by atoms with Crippen molar-refractivity contribution in [3.05, 3.63) is 16.4 Å². The van der Waals surface area contributed by atoms with Gasteiger partial charge in [-0.15, -0.1) is 0 Å². The zero-order valence-corrected chi connectivity index (χ0v) is 12.4. The quantitative estimate of drug-likeness (QED) is 0.824. The average Bonchev–Trinajstić information content (AvgIpc) is 3.16. The molecule has 1 heterocycles. The van der Waals surface area contributed by atoms with Crippen molar-refractivity contribution in [3.63, 3.8) is 0 Å². The van der Waals surface area contributed by atoms with E-state index in [2.05, 4.69) is 24.4 Å². The molecule has 102 valence electrons. The standard InChI is InChI=1S/C14H24ClN3/c1-4-18-13(14(15)10(2)17-18)7-5-6-12(16-3)11-8-9-11/h11-12,16H,4-9H2,1-3H3. The Balaban J connectivity index is 1.89. The third-order valence-electron chi connectivity index (χ3n) is 3.94. The second-order valence-corrected chi connectivity index (χ2v) is 5.66. The van der Waals surface area contributed by atoms with E-state index in [0.717, 1.165) is 29.6 Å². The maximum Gasteiger partial charge on any atom is 0.0847 e. The number of aromatic nitrogens is 2. The van der Waals surface area contributed by atoms with E-state index in [1.165, 1.54) is 31.4 Å². The summed E-state index contributed by atoms with van der Waals surface area (Å²) in [5.41, 5.74) is 2.17. The Morgan fingerprint density at radius 3 is 2.78 bits per heavy atom. The summed E-state index contributed by atoms with van der Waals surface area (Å²) in [6, 6.07) is 0.697. The van der Waals surface area contributed by atoms with Crippen molar-refractivity contribution >= 4 is 11.6 Å². The summed E-state index contributed by atoms with van der Waals surface area (Å²) in [7, 11) is 2.08. The molecule has 2 rings (SSSR count). The molecule has 1 aliphatic carbocycles. The van der Waals surface area contributed by atoms with Crippen LogP contribution in [0.15, 0.2) is 0 Å². The molecule has 0 bridgehead atoms. The van der Waals surface area contributed by atoms with Gasteiger partial charge >= 0.3 is 0 Å². The molecule has 1 aromatic rings. The Morgan fingerprint density at radius 1 is 1.50 bits per heavy atom. The van der Waals surface area contributed by atoms with Crippen LogP contribution in [0.4, 0.5) is 0 Å². The highest BCUT2D eigenvalue weighted by Gasteiger charge is 2.29. The van der Waals surface area contributed by atoms with Crippen LogP contribution in [-0.4, -0.2) is 22.9 Å². The van der Waals surface area contributed by atoms with Gasteiger partial charge in [-0.2, -0.15) is 5.10 Å². The molecule has 1 unspecified atom stereocenters. The number of hydrogen-bond acceptors (Lipinski definition) is 2. The van der Waals surface area contributed by atoms with Crippen molar-refractivity contribution in [1.29, 1.82) is 0 Å². The lowest BCUT2D eigenvalue weighted by Gasteiger charge is -2.15. The fraction of sp³-hybridized carbons (Fsp3) is 0.786. The van der Waals surface area contributed by atoms with E-state index in [-0.39, 0.29) is 0 Å². The summed E-state index contributed by atoms with van der Waals surface area (Å²) in [6.07, 6.45) is 6.27. The van der Waals surface area contributed by atoms with Crippen LogP contribution < -0.4 is 5.32 Å². The van der Waals surface area contributed by atoms with Gasteiger partial charge in [-0.3, -0.25) is 4.68 Å². The first-order chi connectivity index (χ1) is 8.67. The molecule has 1 saturated carbocycles. The largest absolute Gasteiger partial charge is 0.317 e. The Bertz CT molecular complexity index is 396. The molecule has 1 aliphatic rings. The van der Waals surface area contributed by atoms with Crippen molar-refractivity contribution in [2.45, 2.75) is 58.5 Å². The smallest absolute Gasteiger partial charge is 0.0847 e. The lowest BCUT2D eigenvalue weighted by atomic mass is 10.0. The molecule has 0 aliphatic heterocycles. The Kier molecular flexibility index (Phi) is 4.68. The predicted octanol–water partition coefficient (Wildman–Crippen LogP) is 3.19. The van der Waals surface area contributed by atoms with E-state index >= 15 is 0 Å². The van der Waals surface area contributed by atoms with Crippen LogP contribution in [0.3, 0.4) is 0 Å². The minimum absolute atomic E-state index is 0.697. The zero-order chi connectivity index (χ0) is 13.1. The first kappa shape index (κ1) is 13.9. The molecule has 1 fully saturated rings. The number of hydrogen-bond donors (Lipinski definition) is 1. The van der Waals surface area contributed by atoms with E-state index < -0.39 is 0 Å². The summed E-state index contributed by atoms with van der Waals surface area (Å²) < 4.78 is 2.04. The Hall–Kier alpha value is -0.540. The molecule has 1 atom stereocenters. The van der Waals surface area contributed by atoms with Crippen LogP contribution in [0.1, 0.15) is 44.0 Å². The van der Waals surface area contributed by atoms with Gasteiger partial charge in [0.15, 0.2) is 0 Å². The SMILES string of the molecule is CCn1nc(C)c(Cl)c1CCCC(NC)C1CC1. The van der Waals surface area contributed by atoms with Crippen LogP contribution in [0.2, 0.25) is 5.02 Å². The van der Waals surface area contributed by atoms with Crippen molar-refractivity contribution in [1.82, 2.24) is 15.1 Å². The molecule has 1 aromatic heterocycles. The van der Waals surface area contributed by atoms with Crippen molar-refractivity contribution in [3.8, 4) is 0 Å².